The highest BCUT2D eigenvalue weighted by Crippen LogP contribution is 1.88. The van der Waals surface area contributed by atoms with Gasteiger partial charge in [-0.05, 0) is 0 Å². The Kier molecular flexibility index (Phi) is 6.13. The number of alkyl carbamates (subject to hydrolysis) is 1. The summed E-state index contributed by atoms with van der Waals surface area (Å²) in [5.74, 6) is -0.733. The van der Waals surface area contributed by atoms with Crippen molar-refractivity contribution in [3.05, 3.63) is 12.7 Å². The normalized spacial score (nSPS) is 11.3. The Morgan fingerprint density at radius 1 is 1.64 bits per heavy atom. The molecule has 0 unspecified atom stereocenters. The van der Waals surface area contributed by atoms with Gasteiger partial charge >= 0.3 is 12.1 Å². The molecule has 0 aromatic carbocycles. The van der Waals surface area contributed by atoms with Gasteiger partial charge < -0.3 is 19.9 Å². The summed E-state index contributed by atoms with van der Waals surface area (Å²) in [6.07, 6.45) is 0.570. The van der Waals surface area contributed by atoms with E-state index in [1.807, 2.05) is 0 Å². The van der Waals surface area contributed by atoms with Crippen molar-refractivity contribution < 1.29 is 24.2 Å². The van der Waals surface area contributed by atoms with Gasteiger partial charge in [-0.3, -0.25) is 0 Å². The van der Waals surface area contributed by atoms with Gasteiger partial charge in [0.05, 0.1) is 13.7 Å². The van der Waals surface area contributed by atoms with Crippen molar-refractivity contribution in [2.75, 3.05) is 20.3 Å². The van der Waals surface area contributed by atoms with E-state index in [2.05, 4.69) is 21.4 Å². The molecule has 0 fully saturated rings. The highest BCUT2D eigenvalue weighted by molar-refractivity contribution is 5.81. The molecule has 1 amide bonds. The van der Waals surface area contributed by atoms with Gasteiger partial charge in [0.15, 0.2) is 6.04 Å². The summed E-state index contributed by atoms with van der Waals surface area (Å²) in [4.78, 5) is 21.8. The van der Waals surface area contributed by atoms with Crippen LogP contribution in [0.4, 0.5) is 4.79 Å². The van der Waals surface area contributed by atoms with Gasteiger partial charge in [0.25, 0.3) is 0 Å². The van der Waals surface area contributed by atoms with Gasteiger partial charge in [0, 0.05) is 0 Å². The van der Waals surface area contributed by atoms with E-state index in [0.717, 1.165) is 7.11 Å². The van der Waals surface area contributed by atoms with Crippen LogP contribution in [-0.2, 0) is 14.3 Å². The van der Waals surface area contributed by atoms with Crippen LogP contribution >= 0.6 is 0 Å². The van der Waals surface area contributed by atoms with Gasteiger partial charge in [-0.15, -0.1) is 0 Å². The molecule has 0 radical (unpaired) electrons. The van der Waals surface area contributed by atoms with Crippen molar-refractivity contribution in [3.8, 4) is 0 Å². The molecule has 0 aliphatic heterocycles. The molecule has 0 heterocycles. The third kappa shape index (κ3) is 4.46. The van der Waals surface area contributed by atoms with Crippen LogP contribution in [0.3, 0.4) is 0 Å². The van der Waals surface area contributed by atoms with Crippen molar-refractivity contribution in [2.24, 2.45) is 0 Å². The van der Waals surface area contributed by atoms with E-state index in [9.17, 15) is 9.59 Å². The van der Waals surface area contributed by atoms with Gasteiger partial charge in [-0.25, -0.2) is 9.59 Å². The largest absolute Gasteiger partial charge is 0.467 e. The first-order chi connectivity index (χ1) is 6.65. The molecule has 6 nitrogen and oxygen atoms in total. The van der Waals surface area contributed by atoms with Gasteiger partial charge in [-0.2, -0.15) is 0 Å². The van der Waals surface area contributed by atoms with Crippen molar-refractivity contribution in [1.29, 1.82) is 0 Å². The van der Waals surface area contributed by atoms with Crippen LogP contribution in [0.1, 0.15) is 0 Å². The van der Waals surface area contributed by atoms with Crippen LogP contribution in [0.15, 0.2) is 12.7 Å². The average molecular weight is 203 g/mol. The van der Waals surface area contributed by atoms with Crippen molar-refractivity contribution in [2.45, 2.75) is 6.04 Å². The minimum atomic E-state index is -1.10. The molecule has 0 saturated heterocycles. The first-order valence-electron chi connectivity index (χ1n) is 3.88. The summed E-state index contributed by atoms with van der Waals surface area (Å²) < 4.78 is 8.85. The molecule has 1 atom stereocenters. The molecule has 0 spiro atoms. The molecular weight excluding hydrogens is 190 g/mol. The number of esters is 1. The van der Waals surface area contributed by atoms with E-state index in [0.29, 0.717) is 0 Å². The van der Waals surface area contributed by atoms with Crippen molar-refractivity contribution in [3.63, 3.8) is 0 Å². The Balaban J connectivity index is 3.98. The zero-order valence-electron chi connectivity index (χ0n) is 7.86. The molecule has 0 aliphatic rings. The number of amides is 1. The van der Waals surface area contributed by atoms with Crippen LogP contribution in [0.25, 0.3) is 0 Å². The quantitative estimate of drug-likeness (QED) is 0.462. The summed E-state index contributed by atoms with van der Waals surface area (Å²) in [5.41, 5.74) is 0. The van der Waals surface area contributed by atoms with E-state index >= 15 is 0 Å². The molecular formula is C8H13NO5. The summed E-state index contributed by atoms with van der Waals surface area (Å²) in [6, 6.07) is -1.10. The summed E-state index contributed by atoms with van der Waals surface area (Å²) in [7, 11) is 1.15. The SMILES string of the molecule is C=CCOC(=O)N[C@H](CO)C(=O)OC. The maximum atomic E-state index is 10.9. The molecule has 14 heavy (non-hydrogen) atoms. The predicted molar refractivity (Wildman–Crippen MR) is 47.6 cm³/mol. The van der Waals surface area contributed by atoms with Crippen LogP contribution in [0.2, 0.25) is 0 Å². The fourth-order valence-electron chi connectivity index (χ4n) is 0.640. The summed E-state index contributed by atoms with van der Waals surface area (Å²) in [6.45, 7) is 2.82. The van der Waals surface area contributed by atoms with Gasteiger partial charge in [0.2, 0.25) is 0 Å². The highest BCUT2D eigenvalue weighted by Gasteiger charge is 2.20. The van der Waals surface area contributed by atoms with E-state index < -0.39 is 24.7 Å². The Morgan fingerprint density at radius 2 is 2.29 bits per heavy atom. The van der Waals surface area contributed by atoms with Gasteiger partial charge in [0.1, 0.15) is 6.61 Å². The zero-order chi connectivity index (χ0) is 11.0. The minimum Gasteiger partial charge on any atom is -0.467 e. The van der Waals surface area contributed by atoms with Crippen molar-refractivity contribution in [1.82, 2.24) is 5.32 Å². The Hall–Kier alpha value is -1.56. The number of rotatable bonds is 5. The maximum Gasteiger partial charge on any atom is 0.408 e. The number of hydrogen-bond acceptors (Lipinski definition) is 5. The summed E-state index contributed by atoms with van der Waals surface area (Å²) >= 11 is 0. The lowest BCUT2D eigenvalue weighted by Crippen LogP contribution is -2.44. The second-order valence-corrected chi connectivity index (χ2v) is 2.29. The first-order valence-corrected chi connectivity index (χ1v) is 3.88. The molecule has 80 valence electrons. The number of carbonyl (C=O) groups excluding carboxylic acids is 2. The van der Waals surface area contributed by atoms with E-state index in [1.54, 1.807) is 0 Å². The molecule has 6 heteroatoms. The van der Waals surface area contributed by atoms with E-state index in [4.69, 9.17) is 5.11 Å². The number of ether oxygens (including phenoxy) is 2. The number of aliphatic hydroxyl groups is 1. The number of aliphatic hydroxyl groups excluding tert-OH is 1. The Bertz CT molecular complexity index is 216. The van der Waals surface area contributed by atoms with Crippen LogP contribution in [-0.4, -0.2) is 43.5 Å². The molecule has 2 N–H and O–H groups in total. The zero-order valence-corrected chi connectivity index (χ0v) is 7.86. The Labute approximate surface area is 81.5 Å². The lowest BCUT2D eigenvalue weighted by atomic mass is 10.3. The second kappa shape index (κ2) is 6.90. The topological polar surface area (TPSA) is 84.9 Å². The van der Waals surface area contributed by atoms with Crippen LogP contribution in [0, 0.1) is 0 Å². The fraction of sp³-hybridized carbons (Fsp3) is 0.500. The van der Waals surface area contributed by atoms with E-state index in [-0.39, 0.29) is 6.61 Å². The van der Waals surface area contributed by atoms with Crippen LogP contribution < -0.4 is 5.32 Å². The van der Waals surface area contributed by atoms with E-state index in [1.165, 1.54) is 6.08 Å². The number of nitrogens with one attached hydrogen (secondary N) is 1. The molecule has 0 aromatic heterocycles. The number of methoxy groups -OCH3 is 1. The molecule has 0 saturated carbocycles. The standard InChI is InChI=1S/C8H13NO5/c1-3-4-14-8(12)9-6(5-10)7(11)13-2/h3,6,10H,1,4-5H2,2H3,(H,9,12)/t6-/m1/s1. The minimum absolute atomic E-state index is 0.0329. The fourth-order valence-corrected chi connectivity index (χ4v) is 0.640. The average Bonchev–Trinajstić information content (AvgIpc) is 2.21. The molecule has 0 aromatic rings. The number of hydrogen-bond donors (Lipinski definition) is 2. The third-order valence-electron chi connectivity index (χ3n) is 1.29. The lowest BCUT2D eigenvalue weighted by molar-refractivity contribution is -0.144. The van der Waals surface area contributed by atoms with Gasteiger partial charge in [-0.1, -0.05) is 12.7 Å². The predicted octanol–water partition coefficient (Wildman–Crippen LogP) is -0.568. The molecule has 0 bridgehead atoms. The monoisotopic (exact) mass is 203 g/mol. The maximum absolute atomic E-state index is 10.9. The summed E-state index contributed by atoms with van der Waals surface area (Å²) in [5, 5.41) is 10.8. The van der Waals surface area contributed by atoms with Crippen LogP contribution in [0.5, 0.6) is 0 Å². The smallest absolute Gasteiger partial charge is 0.408 e. The lowest BCUT2D eigenvalue weighted by Gasteiger charge is -2.12. The molecule has 0 rings (SSSR count). The third-order valence-corrected chi connectivity index (χ3v) is 1.29. The molecule has 0 aliphatic carbocycles. The highest BCUT2D eigenvalue weighted by atomic mass is 16.6. The second-order valence-electron chi connectivity index (χ2n) is 2.29. The first kappa shape index (κ1) is 12.4. The number of carbonyl (C=O) groups is 2. The Morgan fingerprint density at radius 3 is 2.71 bits per heavy atom. The van der Waals surface area contributed by atoms with Crippen molar-refractivity contribution >= 4 is 12.1 Å².